The van der Waals surface area contributed by atoms with Gasteiger partial charge >= 0.3 is 162 Å². The number of nitrogens with zero attached hydrogens (tertiary/aromatic N) is 2. The van der Waals surface area contributed by atoms with Gasteiger partial charge in [-0.05, 0) is 0 Å². The summed E-state index contributed by atoms with van der Waals surface area (Å²) in [5.74, 6) is -2.51. The van der Waals surface area contributed by atoms with Crippen molar-refractivity contribution in [2.45, 2.75) is 12.5 Å². The molecule has 0 radical (unpaired) electrons. The van der Waals surface area contributed by atoms with E-state index in [-0.39, 0.29) is 0 Å². The normalized spacial score (nSPS) is 19.0. The van der Waals surface area contributed by atoms with Crippen molar-refractivity contribution in [1.82, 2.24) is 9.80 Å². The molecule has 2 aromatic rings. The molecule has 2 heterocycles. The van der Waals surface area contributed by atoms with E-state index in [0.717, 1.165) is 37.6 Å². The van der Waals surface area contributed by atoms with Crippen LogP contribution in [-0.4, -0.2) is 80.1 Å². The van der Waals surface area contributed by atoms with E-state index in [4.69, 9.17) is 21.8 Å². The van der Waals surface area contributed by atoms with Crippen LogP contribution < -0.4 is 8.92 Å². The van der Waals surface area contributed by atoms with Crippen LogP contribution in [0.15, 0.2) is 54.6 Å². The van der Waals surface area contributed by atoms with Crippen molar-refractivity contribution in [3.05, 3.63) is 70.8 Å². The van der Waals surface area contributed by atoms with Crippen LogP contribution in [0.1, 0.15) is 17.2 Å². The second-order valence-electron chi connectivity index (χ2n) is 7.46. The van der Waals surface area contributed by atoms with Gasteiger partial charge in [-0.25, -0.2) is 9.59 Å². The Kier molecular flexibility index (Phi) is 8.29. The second-order valence-corrected chi connectivity index (χ2v) is 10.2. The molecule has 2 aliphatic rings. The number of rotatable bonds is 3. The van der Waals surface area contributed by atoms with Gasteiger partial charge in [0.15, 0.2) is 0 Å². The van der Waals surface area contributed by atoms with Gasteiger partial charge in [-0.3, -0.25) is 0 Å². The average Bonchev–Trinajstić information content (AvgIpc) is 2.90. The smallest absolute Gasteiger partial charge is 0.328 e. The monoisotopic (exact) mass is 508 g/mol. The van der Waals surface area contributed by atoms with Gasteiger partial charge in [0, 0.05) is 12.2 Å². The summed E-state index contributed by atoms with van der Waals surface area (Å²) in [5.41, 5.74) is 2.97. The predicted molar refractivity (Wildman–Crippen MR) is 123 cm³/mol. The Morgan fingerprint density at radius 1 is 1.00 bits per heavy atom. The molecule has 0 bridgehead atoms. The summed E-state index contributed by atoms with van der Waals surface area (Å²) in [6.45, 7) is 4.59. The largest absolute Gasteiger partial charge is 0.478 e. The average molecular weight is 508 g/mol. The first-order chi connectivity index (χ1) is 14.8. The van der Waals surface area contributed by atoms with E-state index < -0.39 is 11.9 Å². The third-order valence-electron chi connectivity index (χ3n) is 5.28. The zero-order chi connectivity index (χ0) is 22.4. The number of fused-ring (bicyclic) bond motifs is 2. The maximum atomic E-state index is 9.55. The van der Waals surface area contributed by atoms with E-state index >= 15 is 0 Å². The number of carboxylic acids is 2. The summed E-state index contributed by atoms with van der Waals surface area (Å²) in [6, 6.07) is 16.0. The fourth-order valence-corrected chi connectivity index (χ4v) is 6.20. The van der Waals surface area contributed by atoms with Crippen LogP contribution in [0.2, 0.25) is 5.02 Å². The van der Waals surface area contributed by atoms with Crippen molar-refractivity contribution < 1.29 is 19.8 Å². The Hall–Kier alpha value is -2.15. The molecule has 1 fully saturated rings. The molecule has 2 aromatic carbocycles. The molecular weight excluding hydrogens is 483 g/mol. The minimum Gasteiger partial charge on any atom is -0.478 e. The molecule has 0 spiro atoms. The van der Waals surface area contributed by atoms with Crippen LogP contribution in [0, 0.1) is 0 Å². The molecule has 0 aromatic heterocycles. The van der Waals surface area contributed by atoms with Crippen molar-refractivity contribution >= 4 is 47.4 Å². The van der Waals surface area contributed by atoms with E-state index in [9.17, 15) is 9.59 Å². The van der Waals surface area contributed by atoms with E-state index in [1.54, 1.807) is 0 Å². The fraction of sp³-hybridized carbons (Fsp3) is 0.304. The van der Waals surface area contributed by atoms with Crippen LogP contribution in [0.4, 0.5) is 0 Å². The molecule has 1 atom stereocenters. The van der Waals surface area contributed by atoms with Crippen LogP contribution in [0.25, 0.3) is 0 Å². The third kappa shape index (κ3) is 6.66. The Morgan fingerprint density at radius 2 is 1.65 bits per heavy atom. The van der Waals surface area contributed by atoms with Gasteiger partial charge in [0.05, 0.1) is 0 Å². The standard InChI is InChI=1S/C19H21ClN2Se.C4H4O4/c1-21-8-10-22(11-9-21)17-12-14-4-2-3-5-18(14)23-19-7-6-15(20)13-16(17)19;5-3(6)1-2-4(7)8/h2-7,13,17H,8-12H2,1H3;1-2H,(H,5,6)(H,7,8)/b;2-1+. The number of hydrogen-bond acceptors (Lipinski definition) is 4. The zero-order valence-corrected chi connectivity index (χ0v) is 19.7. The molecule has 8 heteroatoms. The molecule has 1 saturated heterocycles. The first kappa shape index (κ1) is 23.5. The summed E-state index contributed by atoms with van der Waals surface area (Å²) in [5, 5.41) is 16.5. The van der Waals surface area contributed by atoms with Crippen molar-refractivity contribution in [2.75, 3.05) is 33.2 Å². The Labute approximate surface area is 193 Å². The van der Waals surface area contributed by atoms with Gasteiger partial charge in [-0.1, -0.05) is 0 Å². The molecule has 0 amide bonds. The topological polar surface area (TPSA) is 81.1 Å². The van der Waals surface area contributed by atoms with Gasteiger partial charge in [0.2, 0.25) is 0 Å². The number of likely N-dealkylation sites (N-methyl/N-ethyl adjacent to an activating group) is 1. The molecule has 164 valence electrons. The Morgan fingerprint density at radius 3 is 2.29 bits per heavy atom. The van der Waals surface area contributed by atoms with Gasteiger partial charge in [0.25, 0.3) is 0 Å². The summed E-state index contributed by atoms with van der Waals surface area (Å²) in [6.07, 6.45) is 2.22. The number of carboxylic acid groups (broad SMARTS) is 2. The Balaban J connectivity index is 0.000000293. The minimum absolute atomic E-state index is 0.373. The van der Waals surface area contributed by atoms with Crippen molar-refractivity contribution in [3.63, 3.8) is 0 Å². The number of aliphatic carboxylic acids is 2. The molecule has 2 N–H and O–H groups in total. The van der Waals surface area contributed by atoms with Crippen LogP contribution in [0.5, 0.6) is 0 Å². The summed E-state index contributed by atoms with van der Waals surface area (Å²) < 4.78 is 3.02. The SMILES string of the molecule is CN1CCN(C2Cc3ccccc3[Se]c3ccc(Cl)cc32)CC1.O=C(O)/C=C/C(=O)O. The Bertz CT molecular complexity index is 958. The minimum atomic E-state index is -1.26. The number of piperazine rings is 1. The second kappa shape index (κ2) is 10.9. The summed E-state index contributed by atoms with van der Waals surface area (Å²) >= 11 is 6.72. The van der Waals surface area contributed by atoms with Crippen molar-refractivity contribution in [2.24, 2.45) is 0 Å². The summed E-state index contributed by atoms with van der Waals surface area (Å²) in [4.78, 5) is 24.2. The fourth-order valence-electron chi connectivity index (χ4n) is 3.68. The van der Waals surface area contributed by atoms with E-state index in [0.29, 0.717) is 33.2 Å². The quantitative estimate of drug-likeness (QED) is 0.485. The van der Waals surface area contributed by atoms with E-state index in [2.05, 4.69) is 59.3 Å². The summed E-state index contributed by atoms with van der Waals surface area (Å²) in [7, 11) is 2.22. The molecule has 6 nitrogen and oxygen atoms in total. The van der Waals surface area contributed by atoms with Gasteiger partial charge in [-0.15, -0.1) is 0 Å². The molecule has 2 aliphatic heterocycles. The van der Waals surface area contributed by atoms with Gasteiger partial charge < -0.3 is 10.2 Å². The number of hydrogen-bond donors (Lipinski definition) is 2. The van der Waals surface area contributed by atoms with Crippen LogP contribution >= 0.6 is 11.6 Å². The van der Waals surface area contributed by atoms with Crippen LogP contribution in [-0.2, 0) is 16.0 Å². The van der Waals surface area contributed by atoms with Crippen molar-refractivity contribution in [3.8, 4) is 0 Å². The van der Waals surface area contributed by atoms with Crippen molar-refractivity contribution in [1.29, 1.82) is 0 Å². The molecule has 0 aliphatic carbocycles. The molecule has 31 heavy (non-hydrogen) atoms. The van der Waals surface area contributed by atoms with Gasteiger partial charge in [0.1, 0.15) is 0 Å². The molecular formula is C23H25ClN2O4Se. The van der Waals surface area contributed by atoms with E-state index in [1.165, 1.54) is 20.1 Å². The van der Waals surface area contributed by atoms with E-state index in [1.807, 2.05) is 0 Å². The predicted octanol–water partition coefficient (Wildman–Crippen LogP) is 1.55. The first-order valence-electron chi connectivity index (χ1n) is 9.95. The molecule has 1 unspecified atom stereocenters. The number of halogens is 1. The maximum absolute atomic E-state index is 9.55. The van der Waals surface area contributed by atoms with Crippen LogP contribution in [0.3, 0.4) is 0 Å². The van der Waals surface area contributed by atoms with Gasteiger partial charge in [-0.2, -0.15) is 0 Å². The maximum Gasteiger partial charge on any atom is 0.328 e. The first-order valence-corrected chi connectivity index (χ1v) is 12.0. The number of carbonyl (C=O) groups is 2. The molecule has 4 rings (SSSR count). The third-order valence-corrected chi connectivity index (χ3v) is 8.06. The zero-order valence-electron chi connectivity index (χ0n) is 17.2. The molecule has 0 saturated carbocycles. The number of benzene rings is 2.